The van der Waals surface area contributed by atoms with Crippen LogP contribution in [0.2, 0.25) is 0 Å². The monoisotopic (exact) mass is 449 g/mol. The predicted molar refractivity (Wildman–Crippen MR) is 133 cm³/mol. The third kappa shape index (κ3) is 8.96. The number of carbonyl (C=O) groups excluding carboxylic acids is 1. The third-order valence-electron chi connectivity index (χ3n) is 6.04. The molecule has 5 heteroatoms. The van der Waals surface area contributed by atoms with Crippen molar-refractivity contribution in [1.82, 2.24) is 9.97 Å². The Morgan fingerprint density at radius 3 is 2.03 bits per heavy atom. The van der Waals surface area contributed by atoms with E-state index < -0.39 is 11.4 Å². The van der Waals surface area contributed by atoms with Gasteiger partial charge in [0.25, 0.3) is 0 Å². The van der Waals surface area contributed by atoms with Crippen molar-refractivity contribution in [1.29, 1.82) is 5.26 Å². The highest BCUT2D eigenvalue weighted by atomic mass is 16.5. The number of nitriles is 1. The van der Waals surface area contributed by atoms with E-state index in [1.54, 1.807) is 19.1 Å². The van der Waals surface area contributed by atoms with Gasteiger partial charge in [0, 0.05) is 18.0 Å². The molecule has 0 N–H and O–H groups in total. The smallest absolute Gasteiger partial charge is 0.331 e. The number of benzene rings is 1. The van der Waals surface area contributed by atoms with Crippen LogP contribution in [-0.2, 0) is 11.2 Å². The summed E-state index contributed by atoms with van der Waals surface area (Å²) in [5.74, 6) is 0.552. The molecule has 1 atom stereocenters. The molecule has 0 aliphatic heterocycles. The van der Waals surface area contributed by atoms with Crippen LogP contribution < -0.4 is 4.74 Å². The van der Waals surface area contributed by atoms with Crippen molar-refractivity contribution in [3.05, 3.63) is 42.2 Å². The van der Waals surface area contributed by atoms with Crippen LogP contribution in [-0.4, -0.2) is 15.9 Å². The molecule has 0 bridgehead atoms. The van der Waals surface area contributed by atoms with Gasteiger partial charge in [0.15, 0.2) is 11.2 Å². The Balaban J connectivity index is 1.78. The van der Waals surface area contributed by atoms with Gasteiger partial charge in [-0.15, -0.1) is 0 Å². The Morgan fingerprint density at radius 1 is 0.909 bits per heavy atom. The maximum Gasteiger partial charge on any atom is 0.331 e. The Kier molecular flexibility index (Phi) is 11.6. The molecule has 1 unspecified atom stereocenters. The molecule has 0 amide bonds. The standard InChI is InChI=1S/C28H39N3O2/c1-4-6-7-8-9-10-11-12-13-14-23-20-30-26(31-21-23)24-15-17-25(18-16-24)33-27(32)28(3,22-29)19-5-2/h15-18,20-21H,4-14,19H2,1-3H3. The minimum Gasteiger partial charge on any atom is -0.425 e. The fourth-order valence-electron chi connectivity index (χ4n) is 3.87. The highest BCUT2D eigenvalue weighted by molar-refractivity contribution is 5.81. The Bertz CT molecular complexity index is 872. The van der Waals surface area contributed by atoms with E-state index >= 15 is 0 Å². The number of aryl methyl sites for hydroxylation is 1. The van der Waals surface area contributed by atoms with Crippen LogP contribution >= 0.6 is 0 Å². The van der Waals surface area contributed by atoms with Crippen molar-refractivity contribution in [2.24, 2.45) is 5.41 Å². The SMILES string of the molecule is CCCCCCCCCCCc1cnc(-c2ccc(OC(=O)C(C)(C#N)CCC)cc2)nc1. The van der Waals surface area contributed by atoms with E-state index in [-0.39, 0.29) is 0 Å². The second kappa shape index (κ2) is 14.4. The molecule has 2 aromatic rings. The summed E-state index contributed by atoms with van der Waals surface area (Å²) in [7, 11) is 0. The summed E-state index contributed by atoms with van der Waals surface area (Å²) in [6, 6.07) is 9.19. The van der Waals surface area contributed by atoms with Crippen LogP contribution in [0.5, 0.6) is 5.75 Å². The first kappa shape index (κ1) is 26.5. The van der Waals surface area contributed by atoms with Crippen LogP contribution in [0.3, 0.4) is 0 Å². The minimum atomic E-state index is -1.12. The zero-order chi connectivity index (χ0) is 23.9. The molecular formula is C28H39N3O2. The molecule has 178 valence electrons. The van der Waals surface area contributed by atoms with E-state index in [0.717, 1.165) is 18.4 Å². The van der Waals surface area contributed by atoms with E-state index in [2.05, 4.69) is 23.0 Å². The molecule has 0 aliphatic carbocycles. The van der Waals surface area contributed by atoms with E-state index in [1.807, 2.05) is 31.5 Å². The second-order valence-corrected chi connectivity index (χ2v) is 9.10. The molecule has 0 spiro atoms. The van der Waals surface area contributed by atoms with E-state index in [4.69, 9.17) is 4.74 Å². The molecule has 0 saturated carbocycles. The Morgan fingerprint density at radius 2 is 1.48 bits per heavy atom. The lowest BCUT2D eigenvalue weighted by Gasteiger charge is -2.18. The number of aromatic nitrogens is 2. The molecule has 1 aromatic heterocycles. The molecule has 0 saturated heterocycles. The zero-order valence-corrected chi connectivity index (χ0v) is 20.6. The molecule has 0 fully saturated rings. The average Bonchev–Trinajstić information content (AvgIpc) is 2.84. The lowest BCUT2D eigenvalue weighted by molar-refractivity contribution is -0.142. The van der Waals surface area contributed by atoms with Crippen molar-refractivity contribution >= 4 is 5.97 Å². The van der Waals surface area contributed by atoms with E-state index in [0.29, 0.717) is 18.0 Å². The topological polar surface area (TPSA) is 75.9 Å². The largest absolute Gasteiger partial charge is 0.425 e. The van der Waals surface area contributed by atoms with Gasteiger partial charge in [-0.05, 0) is 56.0 Å². The van der Waals surface area contributed by atoms with Gasteiger partial charge in [-0.3, -0.25) is 0 Å². The summed E-state index contributed by atoms with van der Waals surface area (Å²) in [6.45, 7) is 5.82. The second-order valence-electron chi connectivity index (χ2n) is 9.10. The maximum absolute atomic E-state index is 12.4. The van der Waals surface area contributed by atoms with Gasteiger partial charge in [-0.2, -0.15) is 5.26 Å². The summed E-state index contributed by atoms with van der Waals surface area (Å²) in [6.07, 6.45) is 17.9. The number of carbonyl (C=O) groups is 1. The number of nitrogens with zero attached hydrogens (tertiary/aromatic N) is 3. The lowest BCUT2D eigenvalue weighted by Crippen LogP contribution is -2.30. The van der Waals surface area contributed by atoms with Gasteiger partial charge in [0.1, 0.15) is 5.75 Å². The number of unbranched alkanes of at least 4 members (excludes halogenated alkanes) is 8. The molecular weight excluding hydrogens is 410 g/mol. The first-order valence-corrected chi connectivity index (χ1v) is 12.6. The van der Waals surface area contributed by atoms with Crippen LogP contribution in [0.4, 0.5) is 0 Å². The Hall–Kier alpha value is -2.74. The van der Waals surface area contributed by atoms with E-state index in [9.17, 15) is 10.1 Å². The Labute approximate surface area is 199 Å². The summed E-state index contributed by atoms with van der Waals surface area (Å²) in [5.41, 5.74) is 0.904. The maximum atomic E-state index is 12.4. The van der Waals surface area contributed by atoms with Gasteiger partial charge in [-0.1, -0.05) is 71.6 Å². The van der Waals surface area contributed by atoms with Gasteiger partial charge >= 0.3 is 5.97 Å². The van der Waals surface area contributed by atoms with Crippen molar-refractivity contribution in [3.8, 4) is 23.2 Å². The van der Waals surface area contributed by atoms with Gasteiger partial charge in [0.05, 0.1) is 6.07 Å². The average molecular weight is 450 g/mol. The van der Waals surface area contributed by atoms with Crippen molar-refractivity contribution in [3.63, 3.8) is 0 Å². The van der Waals surface area contributed by atoms with Crippen LogP contribution in [0.15, 0.2) is 36.7 Å². The number of ether oxygens (including phenoxy) is 1. The van der Waals surface area contributed by atoms with Crippen LogP contribution in [0, 0.1) is 16.7 Å². The first-order chi connectivity index (χ1) is 16.0. The third-order valence-corrected chi connectivity index (χ3v) is 6.04. The summed E-state index contributed by atoms with van der Waals surface area (Å²) in [4.78, 5) is 21.4. The normalized spacial score (nSPS) is 12.7. The summed E-state index contributed by atoms with van der Waals surface area (Å²) >= 11 is 0. The summed E-state index contributed by atoms with van der Waals surface area (Å²) in [5, 5.41) is 9.34. The van der Waals surface area contributed by atoms with E-state index in [1.165, 1.54) is 63.4 Å². The minimum absolute atomic E-state index is 0.420. The summed E-state index contributed by atoms with van der Waals surface area (Å²) < 4.78 is 5.43. The van der Waals surface area contributed by atoms with Crippen molar-refractivity contribution < 1.29 is 9.53 Å². The van der Waals surface area contributed by atoms with Gasteiger partial charge in [-0.25, -0.2) is 14.8 Å². The predicted octanol–water partition coefficient (Wildman–Crippen LogP) is 7.45. The lowest BCUT2D eigenvalue weighted by atomic mass is 9.87. The van der Waals surface area contributed by atoms with Crippen molar-refractivity contribution in [2.45, 2.75) is 97.8 Å². The number of hydrogen-bond acceptors (Lipinski definition) is 5. The number of rotatable bonds is 15. The van der Waals surface area contributed by atoms with Gasteiger partial charge in [0.2, 0.25) is 0 Å². The zero-order valence-electron chi connectivity index (χ0n) is 20.6. The molecule has 33 heavy (non-hydrogen) atoms. The number of esters is 1. The molecule has 0 aliphatic rings. The molecule has 1 heterocycles. The fourth-order valence-corrected chi connectivity index (χ4v) is 3.87. The molecule has 1 aromatic carbocycles. The molecule has 2 rings (SSSR count). The van der Waals surface area contributed by atoms with Crippen molar-refractivity contribution in [2.75, 3.05) is 0 Å². The van der Waals surface area contributed by atoms with Crippen LogP contribution in [0.1, 0.15) is 97.0 Å². The van der Waals surface area contributed by atoms with Gasteiger partial charge < -0.3 is 4.74 Å². The van der Waals surface area contributed by atoms with Crippen LogP contribution in [0.25, 0.3) is 11.4 Å². The molecule has 5 nitrogen and oxygen atoms in total. The molecule has 0 radical (unpaired) electrons. The highest BCUT2D eigenvalue weighted by Crippen LogP contribution is 2.26. The number of hydrogen-bond donors (Lipinski definition) is 0. The first-order valence-electron chi connectivity index (χ1n) is 12.6. The fraction of sp³-hybridized carbons (Fsp3) is 0.571. The quantitative estimate of drug-likeness (QED) is 0.160. The highest BCUT2D eigenvalue weighted by Gasteiger charge is 2.34.